The third kappa shape index (κ3) is 4.08. The number of methoxy groups -OCH3 is 1. The van der Waals surface area contributed by atoms with Gasteiger partial charge in [0, 0.05) is 48.8 Å². The van der Waals surface area contributed by atoms with E-state index in [9.17, 15) is 4.79 Å². The summed E-state index contributed by atoms with van der Waals surface area (Å²) in [7, 11) is 5.61. The Kier molecular flexibility index (Phi) is 5.57. The van der Waals surface area contributed by atoms with Crippen molar-refractivity contribution >= 4 is 22.9 Å². The zero-order chi connectivity index (χ0) is 16.1. The van der Waals surface area contributed by atoms with Crippen molar-refractivity contribution in [2.45, 2.75) is 13.0 Å². The highest BCUT2D eigenvalue weighted by atomic mass is 32.1. The topological polar surface area (TPSA) is 41.6 Å². The first-order chi connectivity index (χ1) is 10.5. The summed E-state index contributed by atoms with van der Waals surface area (Å²) in [5, 5.41) is 2.94. The minimum atomic E-state index is -0.108. The fraction of sp³-hybridized carbons (Fsp3) is 0.353. The number of anilines is 1. The number of benzene rings is 1. The molecule has 1 unspecified atom stereocenters. The van der Waals surface area contributed by atoms with Gasteiger partial charge in [-0.15, -0.1) is 11.3 Å². The summed E-state index contributed by atoms with van der Waals surface area (Å²) in [6.45, 7) is 2.52. The number of carbonyl (C=O) groups excluding carboxylic acids is 1. The van der Waals surface area contributed by atoms with Gasteiger partial charge in [0.2, 0.25) is 0 Å². The number of hydrogen-bond donors (Lipinski definition) is 1. The molecule has 0 radical (unpaired) electrons. The van der Waals surface area contributed by atoms with Crippen molar-refractivity contribution in [2.75, 3.05) is 32.6 Å². The third-order valence-electron chi connectivity index (χ3n) is 3.46. The Morgan fingerprint density at radius 2 is 1.91 bits per heavy atom. The second-order valence-corrected chi connectivity index (χ2v) is 6.64. The van der Waals surface area contributed by atoms with Crippen molar-refractivity contribution in [1.82, 2.24) is 5.32 Å². The normalized spacial score (nSPS) is 12.0. The molecule has 1 aromatic carbocycles. The van der Waals surface area contributed by atoms with Crippen LogP contribution < -0.4 is 10.2 Å². The van der Waals surface area contributed by atoms with Gasteiger partial charge in [-0.3, -0.25) is 4.79 Å². The fourth-order valence-corrected chi connectivity index (χ4v) is 3.08. The molecule has 0 spiro atoms. The number of nitrogens with zero attached hydrogens (tertiary/aromatic N) is 1. The standard InChI is InChI=1S/C17H22N2O2S/c1-12-5-10-16(22-12)15(21-4)11-18-17(20)13-6-8-14(9-7-13)19(2)3/h5-10,15H,11H2,1-4H3,(H,18,20). The summed E-state index contributed by atoms with van der Waals surface area (Å²) in [5.74, 6) is -0.0827. The first-order valence-corrected chi connectivity index (χ1v) is 7.97. The molecule has 4 nitrogen and oxygen atoms in total. The molecule has 0 aliphatic carbocycles. The lowest BCUT2D eigenvalue weighted by Crippen LogP contribution is -2.28. The monoisotopic (exact) mass is 318 g/mol. The molecule has 1 N–H and O–H groups in total. The van der Waals surface area contributed by atoms with Gasteiger partial charge in [0.25, 0.3) is 5.91 Å². The Morgan fingerprint density at radius 3 is 2.41 bits per heavy atom. The van der Waals surface area contributed by atoms with Gasteiger partial charge in [-0.05, 0) is 43.3 Å². The first kappa shape index (κ1) is 16.5. The lowest BCUT2D eigenvalue weighted by Gasteiger charge is -2.15. The summed E-state index contributed by atoms with van der Waals surface area (Å²) in [5.41, 5.74) is 1.73. The van der Waals surface area contributed by atoms with E-state index in [0.717, 1.165) is 10.6 Å². The molecule has 1 amide bonds. The SMILES string of the molecule is COC(CNC(=O)c1ccc(N(C)C)cc1)c1ccc(C)s1. The maximum Gasteiger partial charge on any atom is 0.251 e. The number of aryl methyl sites for hydroxylation is 1. The largest absolute Gasteiger partial charge is 0.378 e. The summed E-state index contributed by atoms with van der Waals surface area (Å²) in [4.78, 5) is 16.6. The summed E-state index contributed by atoms with van der Waals surface area (Å²) in [6.07, 6.45) is -0.108. The second-order valence-electron chi connectivity index (χ2n) is 5.32. The Bertz CT molecular complexity index is 620. The van der Waals surface area contributed by atoms with E-state index < -0.39 is 0 Å². The lowest BCUT2D eigenvalue weighted by atomic mass is 10.2. The molecule has 0 aliphatic rings. The van der Waals surface area contributed by atoms with Gasteiger partial charge in [0.1, 0.15) is 6.10 Å². The van der Waals surface area contributed by atoms with Crippen LogP contribution in [0.2, 0.25) is 0 Å². The Labute approximate surface area is 135 Å². The predicted octanol–water partition coefficient (Wildman–Crippen LogP) is 3.24. The van der Waals surface area contributed by atoms with Gasteiger partial charge in [-0.1, -0.05) is 0 Å². The number of carbonyl (C=O) groups is 1. The average molecular weight is 318 g/mol. The lowest BCUT2D eigenvalue weighted by molar-refractivity contribution is 0.0837. The molecule has 2 rings (SSSR count). The Balaban J connectivity index is 1.96. The van der Waals surface area contributed by atoms with Crippen molar-refractivity contribution < 1.29 is 9.53 Å². The van der Waals surface area contributed by atoms with Crippen LogP contribution in [0.25, 0.3) is 0 Å². The molecule has 118 valence electrons. The highest BCUT2D eigenvalue weighted by Gasteiger charge is 2.14. The van der Waals surface area contributed by atoms with E-state index in [2.05, 4.69) is 18.3 Å². The van der Waals surface area contributed by atoms with Crippen molar-refractivity contribution in [1.29, 1.82) is 0 Å². The molecule has 0 saturated heterocycles. The van der Waals surface area contributed by atoms with Crippen LogP contribution in [0.4, 0.5) is 5.69 Å². The number of ether oxygens (including phenoxy) is 1. The van der Waals surface area contributed by atoms with E-state index in [-0.39, 0.29) is 12.0 Å². The van der Waals surface area contributed by atoms with E-state index in [1.54, 1.807) is 18.4 Å². The Morgan fingerprint density at radius 1 is 1.23 bits per heavy atom. The summed E-state index contributed by atoms with van der Waals surface area (Å²) < 4.78 is 5.48. The third-order valence-corrected chi connectivity index (χ3v) is 4.55. The Hall–Kier alpha value is -1.85. The predicted molar refractivity (Wildman–Crippen MR) is 91.9 cm³/mol. The molecule has 22 heavy (non-hydrogen) atoms. The van der Waals surface area contributed by atoms with Gasteiger partial charge >= 0.3 is 0 Å². The van der Waals surface area contributed by atoms with Gasteiger partial charge < -0.3 is 15.0 Å². The number of amides is 1. The van der Waals surface area contributed by atoms with Crippen LogP contribution in [-0.2, 0) is 4.74 Å². The van der Waals surface area contributed by atoms with E-state index in [4.69, 9.17) is 4.74 Å². The highest BCUT2D eigenvalue weighted by Crippen LogP contribution is 2.24. The second kappa shape index (κ2) is 7.42. The average Bonchev–Trinajstić information content (AvgIpc) is 2.94. The van der Waals surface area contributed by atoms with E-state index in [1.807, 2.05) is 49.3 Å². The van der Waals surface area contributed by atoms with Crippen LogP contribution in [0.3, 0.4) is 0 Å². The van der Waals surface area contributed by atoms with Gasteiger partial charge in [-0.2, -0.15) is 0 Å². The van der Waals surface area contributed by atoms with E-state index in [1.165, 1.54) is 4.88 Å². The molecule has 2 aromatic rings. The maximum atomic E-state index is 12.2. The zero-order valence-electron chi connectivity index (χ0n) is 13.4. The molecular weight excluding hydrogens is 296 g/mol. The smallest absolute Gasteiger partial charge is 0.251 e. The number of hydrogen-bond acceptors (Lipinski definition) is 4. The van der Waals surface area contributed by atoms with Crippen LogP contribution in [0.5, 0.6) is 0 Å². The molecular formula is C17H22N2O2S. The van der Waals surface area contributed by atoms with Crippen LogP contribution >= 0.6 is 11.3 Å². The molecule has 0 fully saturated rings. The molecule has 0 aliphatic heterocycles. The number of rotatable bonds is 6. The number of nitrogens with one attached hydrogen (secondary N) is 1. The zero-order valence-corrected chi connectivity index (χ0v) is 14.2. The van der Waals surface area contributed by atoms with Crippen molar-refractivity contribution in [3.63, 3.8) is 0 Å². The van der Waals surface area contributed by atoms with Crippen LogP contribution in [0.1, 0.15) is 26.2 Å². The molecule has 0 saturated carbocycles. The van der Waals surface area contributed by atoms with Crippen molar-refractivity contribution in [2.24, 2.45) is 0 Å². The van der Waals surface area contributed by atoms with E-state index >= 15 is 0 Å². The maximum absolute atomic E-state index is 12.2. The molecule has 1 heterocycles. The van der Waals surface area contributed by atoms with Crippen LogP contribution in [0, 0.1) is 6.92 Å². The minimum absolute atomic E-state index is 0.0827. The van der Waals surface area contributed by atoms with Gasteiger partial charge in [0.05, 0.1) is 0 Å². The molecule has 0 bridgehead atoms. The molecule has 1 atom stereocenters. The summed E-state index contributed by atoms with van der Waals surface area (Å²) in [6, 6.07) is 11.7. The van der Waals surface area contributed by atoms with Crippen molar-refractivity contribution in [3.05, 3.63) is 51.7 Å². The summed E-state index contributed by atoms with van der Waals surface area (Å²) >= 11 is 1.69. The van der Waals surface area contributed by atoms with Crippen LogP contribution in [0.15, 0.2) is 36.4 Å². The van der Waals surface area contributed by atoms with Gasteiger partial charge in [0.15, 0.2) is 0 Å². The number of thiophene rings is 1. The highest BCUT2D eigenvalue weighted by molar-refractivity contribution is 7.12. The first-order valence-electron chi connectivity index (χ1n) is 7.16. The van der Waals surface area contributed by atoms with Crippen molar-refractivity contribution in [3.8, 4) is 0 Å². The minimum Gasteiger partial charge on any atom is -0.378 e. The fourth-order valence-electron chi connectivity index (χ4n) is 2.12. The quantitative estimate of drug-likeness (QED) is 0.889. The molecule has 1 aromatic heterocycles. The van der Waals surface area contributed by atoms with E-state index in [0.29, 0.717) is 12.1 Å². The van der Waals surface area contributed by atoms with Crippen LogP contribution in [-0.4, -0.2) is 33.7 Å². The molecule has 5 heteroatoms. The van der Waals surface area contributed by atoms with Gasteiger partial charge in [-0.25, -0.2) is 0 Å².